The number of allylic oxidation sites excluding steroid dienone is 1. The van der Waals surface area contributed by atoms with Crippen LogP contribution in [0.15, 0.2) is 48.5 Å². The number of hydrogen-bond donors (Lipinski definition) is 1. The monoisotopic (exact) mass is 283 g/mol. The Kier molecular flexibility index (Phi) is 4.19. The highest BCUT2D eigenvalue weighted by Gasteiger charge is 2.02. The Hall–Kier alpha value is -2.57. The minimum absolute atomic E-state index is 0.00207. The number of aromatic hydroxyl groups is 1. The van der Waals surface area contributed by atoms with E-state index in [1.54, 1.807) is 42.5 Å². The first kappa shape index (κ1) is 13.9. The van der Waals surface area contributed by atoms with E-state index in [0.717, 1.165) is 5.56 Å². The number of nitrogens with zero attached hydrogens (tertiary/aromatic N) is 1. The lowest BCUT2D eigenvalue weighted by molar-refractivity contribution is 0.104. The molecular weight excluding hydrogens is 274 g/mol. The van der Waals surface area contributed by atoms with Gasteiger partial charge in [0, 0.05) is 5.56 Å². The smallest absolute Gasteiger partial charge is 0.185 e. The Morgan fingerprint density at radius 3 is 2.50 bits per heavy atom. The van der Waals surface area contributed by atoms with Crippen molar-refractivity contribution in [2.24, 2.45) is 0 Å². The lowest BCUT2D eigenvalue weighted by Crippen LogP contribution is -1.93. The maximum absolute atomic E-state index is 11.9. The number of hydrogen-bond acceptors (Lipinski definition) is 3. The molecule has 0 saturated heterocycles. The van der Waals surface area contributed by atoms with Crippen LogP contribution in [0, 0.1) is 11.3 Å². The normalized spacial score (nSPS) is 10.4. The topological polar surface area (TPSA) is 61.1 Å². The highest BCUT2D eigenvalue weighted by molar-refractivity contribution is 6.32. The fourth-order valence-electron chi connectivity index (χ4n) is 1.60. The van der Waals surface area contributed by atoms with Crippen molar-refractivity contribution in [2.45, 2.75) is 0 Å². The van der Waals surface area contributed by atoms with Gasteiger partial charge in [0.25, 0.3) is 0 Å². The van der Waals surface area contributed by atoms with Crippen LogP contribution in [0.5, 0.6) is 5.75 Å². The standard InChI is InChI=1S/C16H10ClNO2/c17-14-9-11(4-8-16(14)20)3-7-15(19)13-5-1-12(10-18)2-6-13/h1-9,20H/b7-3+. The van der Waals surface area contributed by atoms with Gasteiger partial charge in [-0.05, 0) is 48.0 Å². The molecule has 4 heteroatoms. The summed E-state index contributed by atoms with van der Waals surface area (Å²) in [7, 11) is 0. The van der Waals surface area contributed by atoms with Crippen LogP contribution < -0.4 is 0 Å². The minimum Gasteiger partial charge on any atom is -0.506 e. The largest absolute Gasteiger partial charge is 0.506 e. The van der Waals surface area contributed by atoms with Gasteiger partial charge in [0.15, 0.2) is 5.78 Å². The Labute approximate surface area is 121 Å². The van der Waals surface area contributed by atoms with Gasteiger partial charge in [-0.1, -0.05) is 23.7 Å². The fraction of sp³-hybridized carbons (Fsp3) is 0. The van der Waals surface area contributed by atoms with Crippen LogP contribution >= 0.6 is 11.6 Å². The molecule has 0 radical (unpaired) electrons. The van der Waals surface area contributed by atoms with E-state index in [9.17, 15) is 9.90 Å². The first-order valence-electron chi connectivity index (χ1n) is 5.81. The van der Waals surface area contributed by atoms with Crippen LogP contribution in [0.2, 0.25) is 5.02 Å². The molecular formula is C16H10ClNO2. The molecule has 0 aliphatic rings. The maximum atomic E-state index is 11.9. The molecule has 0 amide bonds. The Morgan fingerprint density at radius 2 is 1.90 bits per heavy atom. The van der Waals surface area contributed by atoms with Gasteiger partial charge in [0.1, 0.15) is 5.75 Å². The number of phenols is 1. The zero-order chi connectivity index (χ0) is 14.5. The highest BCUT2D eigenvalue weighted by atomic mass is 35.5. The van der Waals surface area contributed by atoms with Crippen molar-refractivity contribution in [3.63, 3.8) is 0 Å². The van der Waals surface area contributed by atoms with Gasteiger partial charge in [0.05, 0.1) is 16.7 Å². The van der Waals surface area contributed by atoms with Gasteiger partial charge < -0.3 is 5.11 Å². The van der Waals surface area contributed by atoms with Gasteiger partial charge in [0.2, 0.25) is 0 Å². The molecule has 3 nitrogen and oxygen atoms in total. The summed E-state index contributed by atoms with van der Waals surface area (Å²) in [5.41, 5.74) is 1.73. The number of benzene rings is 2. The zero-order valence-electron chi connectivity index (χ0n) is 10.4. The number of nitriles is 1. The van der Waals surface area contributed by atoms with Crippen molar-refractivity contribution < 1.29 is 9.90 Å². The van der Waals surface area contributed by atoms with Crippen LogP contribution in [-0.2, 0) is 0 Å². The van der Waals surface area contributed by atoms with E-state index in [1.165, 1.54) is 12.1 Å². The third-order valence-corrected chi connectivity index (χ3v) is 3.00. The molecule has 1 N–H and O–H groups in total. The summed E-state index contributed by atoms with van der Waals surface area (Å²) >= 11 is 5.78. The zero-order valence-corrected chi connectivity index (χ0v) is 11.1. The van der Waals surface area contributed by atoms with Crippen LogP contribution in [0.1, 0.15) is 21.5 Å². The van der Waals surface area contributed by atoms with E-state index in [0.29, 0.717) is 11.1 Å². The van der Waals surface area contributed by atoms with Crippen LogP contribution in [0.25, 0.3) is 6.08 Å². The number of ketones is 1. The molecule has 2 aromatic carbocycles. The van der Waals surface area contributed by atoms with Crippen molar-refractivity contribution >= 4 is 23.5 Å². The SMILES string of the molecule is N#Cc1ccc(C(=O)/C=C/c2ccc(O)c(Cl)c2)cc1. The third-order valence-electron chi connectivity index (χ3n) is 2.70. The molecule has 0 aliphatic heterocycles. The van der Waals surface area contributed by atoms with Gasteiger partial charge in [-0.15, -0.1) is 0 Å². The third kappa shape index (κ3) is 3.25. The molecule has 2 aromatic rings. The predicted molar refractivity (Wildman–Crippen MR) is 77.6 cm³/mol. The minimum atomic E-state index is -0.168. The molecule has 98 valence electrons. The summed E-state index contributed by atoms with van der Waals surface area (Å²) in [6, 6.07) is 13.1. The second kappa shape index (κ2) is 6.05. The molecule has 0 saturated carbocycles. The Morgan fingerprint density at radius 1 is 1.20 bits per heavy atom. The van der Waals surface area contributed by atoms with E-state index in [1.807, 2.05) is 6.07 Å². The number of halogens is 1. The molecule has 0 bridgehead atoms. The molecule has 0 spiro atoms. The summed E-state index contributed by atoms with van der Waals surface area (Å²) < 4.78 is 0. The van der Waals surface area contributed by atoms with Crippen LogP contribution in [-0.4, -0.2) is 10.9 Å². The molecule has 0 aromatic heterocycles. The van der Waals surface area contributed by atoms with E-state index in [-0.39, 0.29) is 16.6 Å². The van der Waals surface area contributed by atoms with Gasteiger partial charge in [-0.3, -0.25) is 4.79 Å². The molecule has 0 unspecified atom stereocenters. The van der Waals surface area contributed by atoms with Crippen LogP contribution in [0.4, 0.5) is 0 Å². The van der Waals surface area contributed by atoms with Crippen molar-refractivity contribution in [3.05, 3.63) is 70.3 Å². The average molecular weight is 284 g/mol. The molecule has 0 fully saturated rings. The lowest BCUT2D eigenvalue weighted by atomic mass is 10.1. The first-order valence-corrected chi connectivity index (χ1v) is 6.19. The van der Waals surface area contributed by atoms with Crippen molar-refractivity contribution in [1.29, 1.82) is 5.26 Å². The Balaban J connectivity index is 2.15. The van der Waals surface area contributed by atoms with E-state index in [2.05, 4.69) is 0 Å². The predicted octanol–water partition coefficient (Wildman–Crippen LogP) is 3.81. The average Bonchev–Trinajstić information content (AvgIpc) is 2.48. The fourth-order valence-corrected chi connectivity index (χ4v) is 1.79. The molecule has 2 rings (SSSR count). The van der Waals surface area contributed by atoms with Crippen LogP contribution in [0.3, 0.4) is 0 Å². The quantitative estimate of drug-likeness (QED) is 0.688. The van der Waals surface area contributed by atoms with Crippen molar-refractivity contribution in [3.8, 4) is 11.8 Å². The summed E-state index contributed by atoms with van der Waals surface area (Å²) in [5.74, 6) is -0.166. The number of carbonyl (C=O) groups excluding carboxylic acids is 1. The number of rotatable bonds is 3. The maximum Gasteiger partial charge on any atom is 0.185 e. The summed E-state index contributed by atoms with van der Waals surface area (Å²) in [6.07, 6.45) is 3.04. The van der Waals surface area contributed by atoms with E-state index in [4.69, 9.17) is 16.9 Å². The second-order valence-corrected chi connectivity index (χ2v) is 4.50. The second-order valence-electron chi connectivity index (χ2n) is 4.10. The van der Waals surface area contributed by atoms with Gasteiger partial charge in [-0.25, -0.2) is 0 Å². The van der Waals surface area contributed by atoms with Crippen molar-refractivity contribution in [2.75, 3.05) is 0 Å². The molecule has 0 atom stereocenters. The summed E-state index contributed by atoms with van der Waals surface area (Å²) in [4.78, 5) is 11.9. The Bertz CT molecular complexity index is 712. The summed E-state index contributed by atoms with van der Waals surface area (Å²) in [5, 5.41) is 18.2. The van der Waals surface area contributed by atoms with E-state index >= 15 is 0 Å². The number of carbonyl (C=O) groups is 1. The van der Waals surface area contributed by atoms with Gasteiger partial charge >= 0.3 is 0 Å². The van der Waals surface area contributed by atoms with Crippen molar-refractivity contribution in [1.82, 2.24) is 0 Å². The molecule has 20 heavy (non-hydrogen) atoms. The lowest BCUT2D eigenvalue weighted by Gasteiger charge is -1.98. The highest BCUT2D eigenvalue weighted by Crippen LogP contribution is 2.24. The summed E-state index contributed by atoms with van der Waals surface area (Å²) in [6.45, 7) is 0. The molecule has 0 aliphatic carbocycles. The van der Waals surface area contributed by atoms with E-state index < -0.39 is 0 Å². The first-order chi connectivity index (χ1) is 9.60. The number of phenolic OH excluding ortho intramolecular Hbond substituents is 1. The van der Waals surface area contributed by atoms with Gasteiger partial charge in [-0.2, -0.15) is 5.26 Å². The molecule has 0 heterocycles.